The molecular weight excluding hydrogens is 252 g/mol. The van der Waals surface area contributed by atoms with Crippen molar-refractivity contribution in [3.05, 3.63) is 60.6 Å². The molecule has 0 aliphatic carbocycles. The number of imidazole rings is 2. The van der Waals surface area contributed by atoms with Gasteiger partial charge >= 0.3 is 0 Å². The highest BCUT2D eigenvalue weighted by molar-refractivity contribution is 5.68. The topological polar surface area (TPSA) is 66.7 Å². The van der Waals surface area contributed by atoms with Crippen LogP contribution in [0.25, 0.3) is 11.3 Å². The molecule has 2 N–H and O–H groups in total. The van der Waals surface area contributed by atoms with E-state index in [2.05, 4.69) is 31.7 Å². The van der Waals surface area contributed by atoms with Crippen molar-refractivity contribution in [3.8, 4) is 11.3 Å². The standard InChI is InChI=1S/C15H14N4O/c20-14(15-17-5-6-18-15)7-12-10-3-1-2-4-11(10)13-8-16-9-19(12)13/h1-6,8-9,12,14,20H,7H2,(H,17,18). The third-order valence-corrected chi connectivity index (χ3v) is 3.88. The summed E-state index contributed by atoms with van der Waals surface area (Å²) in [6.07, 6.45) is 7.05. The molecular formula is C15H14N4O. The largest absolute Gasteiger partial charge is 0.385 e. The number of aromatic amines is 1. The first kappa shape index (κ1) is 11.4. The molecule has 2 aromatic heterocycles. The van der Waals surface area contributed by atoms with Crippen molar-refractivity contribution in [3.63, 3.8) is 0 Å². The van der Waals surface area contributed by atoms with E-state index in [-0.39, 0.29) is 6.04 Å². The van der Waals surface area contributed by atoms with E-state index in [9.17, 15) is 5.11 Å². The molecule has 0 saturated carbocycles. The van der Waals surface area contributed by atoms with E-state index in [0.717, 1.165) is 5.69 Å². The minimum Gasteiger partial charge on any atom is -0.385 e. The van der Waals surface area contributed by atoms with Crippen molar-refractivity contribution in [2.45, 2.75) is 18.6 Å². The number of hydrogen-bond acceptors (Lipinski definition) is 3. The first-order valence-electron chi connectivity index (χ1n) is 6.63. The first-order chi connectivity index (χ1) is 9.84. The molecule has 1 aliphatic heterocycles. The van der Waals surface area contributed by atoms with Gasteiger partial charge in [-0.3, -0.25) is 0 Å². The Morgan fingerprint density at radius 2 is 2.25 bits per heavy atom. The van der Waals surface area contributed by atoms with Gasteiger partial charge in [-0.25, -0.2) is 9.97 Å². The first-order valence-corrected chi connectivity index (χ1v) is 6.63. The van der Waals surface area contributed by atoms with Crippen LogP contribution >= 0.6 is 0 Å². The molecule has 0 spiro atoms. The van der Waals surface area contributed by atoms with E-state index in [0.29, 0.717) is 12.2 Å². The Bertz CT molecular complexity index is 732. The van der Waals surface area contributed by atoms with Crippen LogP contribution in [0.15, 0.2) is 49.2 Å². The summed E-state index contributed by atoms with van der Waals surface area (Å²) in [7, 11) is 0. The Balaban J connectivity index is 1.72. The van der Waals surface area contributed by atoms with Gasteiger partial charge in [-0.2, -0.15) is 0 Å². The van der Waals surface area contributed by atoms with Crippen LogP contribution in [0.3, 0.4) is 0 Å². The number of benzene rings is 1. The Hall–Kier alpha value is -2.40. The van der Waals surface area contributed by atoms with E-state index in [1.807, 2.05) is 24.7 Å². The number of aliphatic hydroxyl groups excluding tert-OH is 1. The summed E-state index contributed by atoms with van der Waals surface area (Å²) in [6, 6.07) is 8.38. The van der Waals surface area contributed by atoms with Crippen LogP contribution in [0.4, 0.5) is 0 Å². The quantitative estimate of drug-likeness (QED) is 0.764. The van der Waals surface area contributed by atoms with Gasteiger partial charge < -0.3 is 14.7 Å². The molecule has 5 heteroatoms. The molecule has 2 atom stereocenters. The van der Waals surface area contributed by atoms with Crippen molar-refractivity contribution in [2.75, 3.05) is 0 Å². The molecule has 100 valence electrons. The van der Waals surface area contributed by atoms with E-state index in [1.165, 1.54) is 11.1 Å². The zero-order chi connectivity index (χ0) is 13.5. The zero-order valence-corrected chi connectivity index (χ0v) is 10.8. The molecule has 20 heavy (non-hydrogen) atoms. The normalized spacial score (nSPS) is 17.8. The summed E-state index contributed by atoms with van der Waals surface area (Å²) in [5, 5.41) is 10.3. The lowest BCUT2D eigenvalue weighted by molar-refractivity contribution is 0.145. The van der Waals surface area contributed by atoms with Crippen molar-refractivity contribution < 1.29 is 5.11 Å². The van der Waals surface area contributed by atoms with Crippen molar-refractivity contribution in [1.82, 2.24) is 19.5 Å². The average molecular weight is 266 g/mol. The number of rotatable bonds is 3. The van der Waals surface area contributed by atoms with E-state index in [4.69, 9.17) is 0 Å². The van der Waals surface area contributed by atoms with Crippen molar-refractivity contribution in [2.24, 2.45) is 0 Å². The zero-order valence-electron chi connectivity index (χ0n) is 10.8. The lowest BCUT2D eigenvalue weighted by atomic mass is 9.98. The van der Waals surface area contributed by atoms with Crippen LogP contribution in [-0.2, 0) is 0 Å². The van der Waals surface area contributed by atoms with Crippen molar-refractivity contribution >= 4 is 0 Å². The summed E-state index contributed by atoms with van der Waals surface area (Å²) in [6.45, 7) is 0. The Morgan fingerprint density at radius 3 is 3.10 bits per heavy atom. The van der Waals surface area contributed by atoms with Crippen molar-refractivity contribution in [1.29, 1.82) is 0 Å². The molecule has 4 rings (SSSR count). The van der Waals surface area contributed by atoms with Gasteiger partial charge in [0.15, 0.2) is 0 Å². The van der Waals surface area contributed by atoms with Gasteiger partial charge in [0.2, 0.25) is 0 Å². The van der Waals surface area contributed by atoms with E-state index in [1.54, 1.807) is 12.4 Å². The highest BCUT2D eigenvalue weighted by Crippen LogP contribution is 2.42. The lowest BCUT2D eigenvalue weighted by Gasteiger charge is -2.17. The highest BCUT2D eigenvalue weighted by Gasteiger charge is 2.30. The fraction of sp³-hybridized carbons (Fsp3) is 0.200. The SMILES string of the molecule is OC(CC1c2ccccc2-c2cncn21)c1ncc[nH]1. The molecule has 3 heterocycles. The van der Waals surface area contributed by atoms with E-state index >= 15 is 0 Å². The number of nitrogens with one attached hydrogen (secondary N) is 1. The number of aromatic nitrogens is 4. The van der Waals surface area contributed by atoms with Gasteiger partial charge in [0.05, 0.1) is 24.3 Å². The Kier molecular flexibility index (Phi) is 2.47. The molecule has 0 radical (unpaired) electrons. The molecule has 2 unspecified atom stereocenters. The molecule has 1 aromatic carbocycles. The molecule has 0 amide bonds. The molecule has 1 aliphatic rings. The number of fused-ring (bicyclic) bond motifs is 3. The predicted octanol–water partition coefficient (Wildman–Crippen LogP) is 2.30. The summed E-state index contributed by atoms with van der Waals surface area (Å²) < 4.78 is 2.12. The maximum atomic E-state index is 10.3. The predicted molar refractivity (Wildman–Crippen MR) is 74.0 cm³/mol. The second kappa shape index (κ2) is 4.31. The molecule has 3 aromatic rings. The van der Waals surface area contributed by atoms with Crippen LogP contribution in [0.1, 0.15) is 30.0 Å². The van der Waals surface area contributed by atoms with Crippen LogP contribution in [0.5, 0.6) is 0 Å². The van der Waals surface area contributed by atoms with Crippen LogP contribution < -0.4 is 0 Å². The Morgan fingerprint density at radius 1 is 1.35 bits per heavy atom. The molecule has 0 saturated heterocycles. The van der Waals surface area contributed by atoms with E-state index < -0.39 is 6.10 Å². The summed E-state index contributed by atoms with van der Waals surface area (Å²) in [5.41, 5.74) is 3.54. The second-order valence-electron chi connectivity index (χ2n) is 5.02. The minimum atomic E-state index is -0.614. The van der Waals surface area contributed by atoms with Crippen LogP contribution in [-0.4, -0.2) is 24.6 Å². The van der Waals surface area contributed by atoms with Gasteiger partial charge in [0.1, 0.15) is 11.9 Å². The van der Waals surface area contributed by atoms with Gasteiger partial charge in [-0.1, -0.05) is 24.3 Å². The summed E-state index contributed by atoms with van der Waals surface area (Å²) in [4.78, 5) is 11.3. The van der Waals surface area contributed by atoms with Crippen LogP contribution in [0.2, 0.25) is 0 Å². The smallest absolute Gasteiger partial charge is 0.135 e. The highest BCUT2D eigenvalue weighted by atomic mass is 16.3. The molecule has 5 nitrogen and oxygen atoms in total. The monoisotopic (exact) mass is 266 g/mol. The van der Waals surface area contributed by atoms with Gasteiger partial charge in [-0.05, 0) is 5.56 Å². The average Bonchev–Trinajstić information content (AvgIpc) is 3.17. The fourth-order valence-corrected chi connectivity index (χ4v) is 2.96. The summed E-state index contributed by atoms with van der Waals surface area (Å²) >= 11 is 0. The second-order valence-corrected chi connectivity index (χ2v) is 5.02. The minimum absolute atomic E-state index is 0.101. The third-order valence-electron chi connectivity index (χ3n) is 3.88. The molecule has 0 bridgehead atoms. The summed E-state index contributed by atoms with van der Waals surface area (Å²) in [5.74, 6) is 0.607. The number of H-pyrrole nitrogens is 1. The maximum absolute atomic E-state index is 10.3. The lowest BCUT2D eigenvalue weighted by Crippen LogP contribution is -2.11. The van der Waals surface area contributed by atoms with Gasteiger partial charge in [-0.15, -0.1) is 0 Å². The number of aliphatic hydroxyl groups is 1. The van der Waals surface area contributed by atoms with Gasteiger partial charge in [0.25, 0.3) is 0 Å². The third kappa shape index (κ3) is 1.60. The Labute approximate surface area is 115 Å². The van der Waals surface area contributed by atoms with Gasteiger partial charge in [0, 0.05) is 24.4 Å². The fourth-order valence-electron chi connectivity index (χ4n) is 2.96. The number of nitrogens with zero attached hydrogens (tertiary/aromatic N) is 3. The van der Waals surface area contributed by atoms with Crippen LogP contribution in [0, 0.1) is 0 Å². The maximum Gasteiger partial charge on any atom is 0.135 e. The number of hydrogen-bond donors (Lipinski definition) is 2. The molecule has 0 fully saturated rings.